The third-order valence-corrected chi connectivity index (χ3v) is 8.75. The van der Waals surface area contributed by atoms with Crippen LogP contribution in [-0.4, -0.2) is 70.9 Å². The highest BCUT2D eigenvalue weighted by molar-refractivity contribution is 6.40. The van der Waals surface area contributed by atoms with E-state index in [1.807, 2.05) is 29.3 Å². The number of carboxylic acids is 1. The predicted molar refractivity (Wildman–Crippen MR) is 161 cm³/mol. The van der Waals surface area contributed by atoms with Crippen molar-refractivity contribution in [2.45, 2.75) is 32.9 Å². The van der Waals surface area contributed by atoms with Crippen LogP contribution in [0.15, 0.2) is 45.8 Å². The number of nitrogens with zero attached hydrogens (tertiary/aromatic N) is 4. The van der Waals surface area contributed by atoms with Crippen LogP contribution in [0.3, 0.4) is 0 Å². The van der Waals surface area contributed by atoms with Crippen molar-refractivity contribution in [3.8, 4) is 6.19 Å². The Labute approximate surface area is 258 Å². The number of carboxylic acid groups (broad SMARTS) is 1. The van der Waals surface area contributed by atoms with Crippen molar-refractivity contribution < 1.29 is 23.9 Å². The van der Waals surface area contributed by atoms with Crippen molar-refractivity contribution in [3.63, 3.8) is 0 Å². The molecule has 3 N–H and O–H groups in total. The number of rotatable bonds is 6. The second kappa shape index (κ2) is 12.5. The Bertz CT molecular complexity index is 1620. The van der Waals surface area contributed by atoms with Gasteiger partial charge >= 0.3 is 5.97 Å². The minimum absolute atomic E-state index is 0.0267. The fraction of sp³-hybridized carbons (Fsp3) is 0.367. The van der Waals surface area contributed by atoms with E-state index >= 15 is 0 Å². The zero-order valence-electron chi connectivity index (χ0n) is 23.6. The first kappa shape index (κ1) is 30.2. The van der Waals surface area contributed by atoms with E-state index < -0.39 is 17.9 Å². The summed E-state index contributed by atoms with van der Waals surface area (Å²) in [6, 6.07) is 9.24. The molecule has 2 amide bonds. The Balaban J connectivity index is 1.31. The molecule has 0 radical (unpaired) electrons. The van der Waals surface area contributed by atoms with Crippen molar-refractivity contribution in [1.82, 2.24) is 20.4 Å². The minimum Gasteiger partial charge on any atom is -0.480 e. The third-order valence-electron chi connectivity index (χ3n) is 8.04. The van der Waals surface area contributed by atoms with Gasteiger partial charge < -0.3 is 24.6 Å². The lowest BCUT2D eigenvalue weighted by molar-refractivity contribution is -0.138. The third kappa shape index (κ3) is 6.26. The quantitative estimate of drug-likeness (QED) is 0.160. The van der Waals surface area contributed by atoms with Crippen molar-refractivity contribution in [3.05, 3.63) is 68.9 Å². The summed E-state index contributed by atoms with van der Waals surface area (Å²) in [4.78, 5) is 46.4. The van der Waals surface area contributed by atoms with Crippen LogP contribution < -0.4 is 10.6 Å². The summed E-state index contributed by atoms with van der Waals surface area (Å²) in [7, 11) is 0. The smallest absolute Gasteiger partial charge is 0.328 e. The number of nitriles is 1. The van der Waals surface area contributed by atoms with Crippen molar-refractivity contribution in [1.29, 1.82) is 5.26 Å². The number of carbonyl (C=O) groups excluding carboxylic acids is 2. The molecule has 2 aliphatic heterocycles. The van der Waals surface area contributed by atoms with Crippen LogP contribution in [0.2, 0.25) is 10.0 Å². The van der Waals surface area contributed by atoms with Gasteiger partial charge in [0.15, 0.2) is 12.0 Å². The number of amides is 2. The zero-order chi connectivity index (χ0) is 30.8. The molecule has 43 heavy (non-hydrogen) atoms. The van der Waals surface area contributed by atoms with Crippen LogP contribution in [0.5, 0.6) is 0 Å². The van der Waals surface area contributed by atoms with Gasteiger partial charge in [0, 0.05) is 31.6 Å². The first-order chi connectivity index (χ1) is 20.6. The van der Waals surface area contributed by atoms with E-state index in [4.69, 9.17) is 27.6 Å². The Kier molecular flexibility index (Phi) is 8.80. The van der Waals surface area contributed by atoms with Crippen LogP contribution >= 0.6 is 23.2 Å². The highest BCUT2D eigenvalue weighted by Gasteiger charge is 2.32. The number of furan rings is 1. The summed E-state index contributed by atoms with van der Waals surface area (Å²) in [6.45, 7) is 5.75. The fourth-order valence-electron chi connectivity index (χ4n) is 5.44. The molecule has 0 saturated carbocycles. The van der Waals surface area contributed by atoms with Gasteiger partial charge in [-0.3, -0.25) is 14.9 Å². The van der Waals surface area contributed by atoms with E-state index in [9.17, 15) is 24.8 Å². The monoisotopic (exact) mass is 624 g/mol. The molecule has 1 fully saturated rings. The Morgan fingerprint density at radius 1 is 1.16 bits per heavy atom. The second-order valence-corrected chi connectivity index (χ2v) is 11.7. The molecule has 0 spiro atoms. The first-order valence-corrected chi connectivity index (χ1v) is 14.6. The normalized spacial score (nSPS) is 19.1. The number of aliphatic imine (C=N–C) groups is 1. The van der Waals surface area contributed by atoms with Crippen LogP contribution in [0.1, 0.15) is 45.9 Å². The minimum atomic E-state index is -1.40. The van der Waals surface area contributed by atoms with E-state index in [1.54, 1.807) is 23.1 Å². The largest absolute Gasteiger partial charge is 0.480 e. The van der Waals surface area contributed by atoms with Gasteiger partial charge in [-0.2, -0.15) is 5.26 Å². The highest BCUT2D eigenvalue weighted by Crippen LogP contribution is 2.35. The van der Waals surface area contributed by atoms with Gasteiger partial charge in [-0.1, -0.05) is 55.2 Å². The number of nitrogens with one attached hydrogen (secondary N) is 2. The van der Waals surface area contributed by atoms with Gasteiger partial charge in [0.1, 0.15) is 11.6 Å². The summed E-state index contributed by atoms with van der Waals surface area (Å²) in [5.41, 5.74) is 1.91. The second-order valence-electron chi connectivity index (χ2n) is 10.9. The lowest BCUT2D eigenvalue weighted by atomic mass is 9.96. The standard InChI is InChI=1S/C30H30Cl2N6O5/c1-16-12-38(13-17(16)2)30(35-15-33)34-11-22(29(41)42)36-27(39)25-21(31)9-19-14-37(8-7-20(19)26(25)32)28(40)24-10-18-5-3-4-6-23(18)43-24/h3-6,9-10,16-17,22H,7-8,11-14H2,1-2H3,(H,34,35)(H,36,39)(H,41,42)/t16-,17-,22+/m1/s1. The molecule has 2 aliphatic rings. The van der Waals surface area contributed by atoms with Gasteiger partial charge in [-0.15, -0.1) is 0 Å². The average molecular weight is 626 g/mol. The molecule has 2 aromatic carbocycles. The van der Waals surface area contributed by atoms with Gasteiger partial charge in [0.2, 0.25) is 5.96 Å². The number of guanidine groups is 1. The van der Waals surface area contributed by atoms with E-state index in [-0.39, 0.29) is 46.3 Å². The van der Waals surface area contributed by atoms with Crippen molar-refractivity contribution in [2.75, 3.05) is 26.2 Å². The number of para-hydroxylation sites is 1. The van der Waals surface area contributed by atoms with E-state index in [0.717, 1.165) is 5.39 Å². The lowest BCUT2D eigenvalue weighted by Crippen LogP contribution is -2.45. The molecule has 13 heteroatoms. The summed E-state index contributed by atoms with van der Waals surface area (Å²) in [5.74, 6) is -1.11. The van der Waals surface area contributed by atoms with E-state index in [1.165, 1.54) is 0 Å². The molecular formula is C30H30Cl2N6O5. The topological polar surface area (TPSA) is 151 Å². The number of carbonyl (C=O) groups is 3. The maximum absolute atomic E-state index is 13.3. The zero-order valence-corrected chi connectivity index (χ0v) is 25.1. The maximum Gasteiger partial charge on any atom is 0.328 e. The van der Waals surface area contributed by atoms with Crippen LogP contribution in [0, 0.1) is 23.3 Å². The number of halogens is 2. The molecule has 11 nitrogen and oxygen atoms in total. The molecule has 3 heterocycles. The fourth-order valence-corrected chi connectivity index (χ4v) is 6.21. The summed E-state index contributed by atoms with van der Waals surface area (Å²) in [5, 5.41) is 25.0. The first-order valence-electron chi connectivity index (χ1n) is 13.8. The molecule has 224 valence electrons. The van der Waals surface area contributed by atoms with Gasteiger partial charge in [0.25, 0.3) is 11.8 Å². The molecule has 0 aliphatic carbocycles. The number of hydrogen-bond acceptors (Lipinski definition) is 6. The van der Waals surface area contributed by atoms with E-state index in [0.29, 0.717) is 54.6 Å². The summed E-state index contributed by atoms with van der Waals surface area (Å²) < 4.78 is 5.74. The Morgan fingerprint density at radius 3 is 2.56 bits per heavy atom. The number of likely N-dealkylation sites (tertiary alicyclic amines) is 1. The number of fused-ring (bicyclic) bond motifs is 2. The lowest BCUT2D eigenvalue weighted by Gasteiger charge is -2.30. The van der Waals surface area contributed by atoms with Gasteiger partial charge in [0.05, 0.1) is 22.2 Å². The molecule has 3 atom stereocenters. The molecule has 0 bridgehead atoms. The van der Waals surface area contributed by atoms with Gasteiger partial charge in [-0.25, -0.2) is 9.79 Å². The van der Waals surface area contributed by atoms with Crippen molar-refractivity contribution in [2.24, 2.45) is 16.8 Å². The van der Waals surface area contributed by atoms with E-state index in [2.05, 4.69) is 29.5 Å². The van der Waals surface area contributed by atoms with Crippen LogP contribution in [0.4, 0.5) is 0 Å². The predicted octanol–water partition coefficient (Wildman–Crippen LogP) is 4.14. The van der Waals surface area contributed by atoms with Crippen LogP contribution in [-0.2, 0) is 17.8 Å². The summed E-state index contributed by atoms with van der Waals surface area (Å²) in [6.07, 6.45) is 2.20. The molecule has 0 unspecified atom stereocenters. The molecule has 5 rings (SSSR count). The molecule has 1 aromatic heterocycles. The molecule has 3 aromatic rings. The number of benzene rings is 2. The Hall–Kier alpha value is -4.27. The molecular weight excluding hydrogens is 595 g/mol. The Morgan fingerprint density at radius 2 is 1.88 bits per heavy atom. The van der Waals surface area contributed by atoms with Crippen LogP contribution in [0.25, 0.3) is 11.0 Å². The highest BCUT2D eigenvalue weighted by atomic mass is 35.5. The number of aliphatic carboxylic acids is 1. The average Bonchev–Trinajstić information content (AvgIpc) is 3.56. The maximum atomic E-state index is 13.3. The van der Waals surface area contributed by atoms with Gasteiger partial charge in [-0.05, 0) is 47.6 Å². The summed E-state index contributed by atoms with van der Waals surface area (Å²) >= 11 is 13.2. The molecule has 1 saturated heterocycles. The number of hydrogen-bond donors (Lipinski definition) is 3. The van der Waals surface area contributed by atoms with Crippen molar-refractivity contribution >= 4 is 57.9 Å². The SMILES string of the molecule is C[C@@H]1CN(C(=NC[C@H](NC(=O)c2c(Cl)cc3c(c2Cl)CCN(C(=O)c2cc4ccccc4o2)C3)C(=O)O)NC#N)C[C@H]1C.